The third kappa shape index (κ3) is 21.8. The molecule has 0 saturated carbocycles. The average molecular weight is 245 g/mol. The summed E-state index contributed by atoms with van der Waals surface area (Å²) in [6.45, 7) is 7.48. The smallest absolute Gasteiger partial charge is 0.289 e. The highest BCUT2D eigenvalue weighted by Gasteiger charge is 2.08. The van der Waals surface area contributed by atoms with Crippen molar-refractivity contribution in [3.8, 4) is 0 Å². The zero-order valence-corrected chi connectivity index (χ0v) is 8.66. The van der Waals surface area contributed by atoms with Gasteiger partial charge >= 0.3 is 0 Å². The van der Waals surface area contributed by atoms with E-state index in [1.807, 2.05) is 20.5 Å². The highest BCUT2D eigenvalue weighted by atomic mass is 16.5. The van der Waals surface area contributed by atoms with Crippen LogP contribution in [0.1, 0.15) is 29.7 Å². The molecule has 0 fully saturated rings. The molecule has 0 atom stereocenters. The summed E-state index contributed by atoms with van der Waals surface area (Å²) >= 11 is 0. The van der Waals surface area contributed by atoms with Gasteiger partial charge in [0, 0.05) is 25.7 Å². The molecule has 0 spiro atoms. The van der Waals surface area contributed by atoms with E-state index >= 15 is 0 Å². The molecule has 0 amide bonds. The summed E-state index contributed by atoms with van der Waals surface area (Å²) < 4.78 is 15.5. The van der Waals surface area contributed by atoms with Gasteiger partial charge in [-0.1, -0.05) is 50.2 Å². The SMILES string of the molecule is C.C.C.C.C[B]OCC(CO[B]C)CO[B]C. The predicted molar refractivity (Wildman–Crippen MR) is 83.1 cm³/mol. The molecule has 6 heteroatoms. The minimum atomic E-state index is 0. The Kier molecular flexibility index (Phi) is 44.6. The fraction of sp³-hybridized carbons (Fsp3) is 1.00. The first-order chi connectivity index (χ1) is 6.35. The molecule has 0 bridgehead atoms. The van der Waals surface area contributed by atoms with Crippen LogP contribution in [-0.2, 0) is 14.0 Å². The fourth-order valence-corrected chi connectivity index (χ4v) is 0.841. The summed E-state index contributed by atoms with van der Waals surface area (Å²) in [5, 5.41) is 0. The second kappa shape index (κ2) is 25.1. The molecular weight excluding hydrogens is 213 g/mol. The average Bonchev–Trinajstić information content (AvgIpc) is 2.17. The molecule has 0 aromatic rings. The molecule has 0 aromatic heterocycles. The van der Waals surface area contributed by atoms with Gasteiger partial charge in [0.25, 0.3) is 22.4 Å². The van der Waals surface area contributed by atoms with E-state index in [0.29, 0.717) is 19.8 Å². The van der Waals surface area contributed by atoms with Crippen molar-refractivity contribution in [3.05, 3.63) is 0 Å². The van der Waals surface area contributed by atoms with Crippen molar-refractivity contribution in [2.45, 2.75) is 50.2 Å². The summed E-state index contributed by atoms with van der Waals surface area (Å²) in [7, 11) is 5.04. The van der Waals surface area contributed by atoms with Crippen molar-refractivity contribution in [1.29, 1.82) is 0 Å². The molecule has 3 radical (unpaired) electrons. The number of rotatable bonds is 9. The van der Waals surface area contributed by atoms with E-state index in [4.69, 9.17) is 14.0 Å². The van der Waals surface area contributed by atoms with Crippen molar-refractivity contribution < 1.29 is 14.0 Å². The van der Waals surface area contributed by atoms with Gasteiger partial charge in [-0.05, 0) is 0 Å². The maximum Gasteiger partial charge on any atom is 0.289 e. The second-order valence-electron chi connectivity index (χ2n) is 2.57. The first-order valence-electron chi connectivity index (χ1n) is 4.53. The van der Waals surface area contributed by atoms with Crippen LogP contribution in [0.2, 0.25) is 20.5 Å². The van der Waals surface area contributed by atoms with E-state index in [2.05, 4.69) is 0 Å². The van der Waals surface area contributed by atoms with E-state index in [9.17, 15) is 0 Å². The lowest BCUT2D eigenvalue weighted by Gasteiger charge is -2.16. The van der Waals surface area contributed by atoms with Gasteiger partial charge in [0.1, 0.15) is 0 Å². The van der Waals surface area contributed by atoms with Gasteiger partial charge in [-0.2, -0.15) is 0 Å². The van der Waals surface area contributed by atoms with Crippen LogP contribution in [0.3, 0.4) is 0 Å². The largest absolute Gasteiger partial charge is 0.440 e. The van der Waals surface area contributed by atoms with Gasteiger partial charge in [-0.25, -0.2) is 0 Å². The molecule has 17 heavy (non-hydrogen) atoms. The van der Waals surface area contributed by atoms with Crippen LogP contribution >= 0.6 is 0 Å². The topological polar surface area (TPSA) is 27.7 Å². The first-order valence-corrected chi connectivity index (χ1v) is 4.53. The molecule has 0 aromatic carbocycles. The molecule has 0 aliphatic rings. The first kappa shape index (κ1) is 30.3. The Balaban J connectivity index is -0.000000120. The normalized spacial score (nSPS) is 7.76. The van der Waals surface area contributed by atoms with Crippen LogP contribution in [0, 0.1) is 5.92 Å². The van der Waals surface area contributed by atoms with Crippen LogP contribution < -0.4 is 0 Å². The van der Waals surface area contributed by atoms with E-state index in [-0.39, 0.29) is 35.6 Å². The zero-order chi connectivity index (χ0) is 9.94. The lowest BCUT2D eigenvalue weighted by atomic mass is 10.0. The van der Waals surface area contributed by atoms with Crippen LogP contribution in [0.15, 0.2) is 0 Å². The third-order valence-electron chi connectivity index (χ3n) is 1.50. The standard InChI is InChI=1S/C7H16B3O3.4CH4/c1-8-11-4-7(5-12-9-2)6-13-10-3;;;;/h7H,4-6H2,1-3H3;4*1H4. The maximum absolute atomic E-state index is 5.18. The quantitative estimate of drug-likeness (QED) is 0.583. The molecule has 0 aliphatic heterocycles. The second-order valence-corrected chi connectivity index (χ2v) is 2.57. The molecule has 0 rings (SSSR count). The number of hydrogen-bond acceptors (Lipinski definition) is 3. The van der Waals surface area contributed by atoms with Crippen LogP contribution in [0.5, 0.6) is 0 Å². The minimum Gasteiger partial charge on any atom is -0.440 e. The summed E-state index contributed by atoms with van der Waals surface area (Å²) in [6, 6.07) is 0. The summed E-state index contributed by atoms with van der Waals surface area (Å²) in [5.41, 5.74) is 0. The minimum absolute atomic E-state index is 0. The Bertz CT molecular complexity index is 88.9. The Labute approximate surface area is 113 Å². The Morgan fingerprint density at radius 2 is 0.882 bits per heavy atom. The van der Waals surface area contributed by atoms with Crippen LogP contribution in [0.4, 0.5) is 0 Å². The highest BCUT2D eigenvalue weighted by molar-refractivity contribution is 6.25. The molecule has 3 nitrogen and oxygen atoms in total. The third-order valence-corrected chi connectivity index (χ3v) is 1.50. The number of hydrogen-bond donors (Lipinski definition) is 0. The van der Waals surface area contributed by atoms with Crippen molar-refractivity contribution >= 4 is 22.4 Å². The molecule has 0 N–H and O–H groups in total. The lowest BCUT2D eigenvalue weighted by Crippen LogP contribution is -2.23. The van der Waals surface area contributed by atoms with E-state index in [1.54, 1.807) is 22.4 Å². The Morgan fingerprint density at radius 1 is 0.647 bits per heavy atom. The molecule has 0 aliphatic carbocycles. The Morgan fingerprint density at radius 3 is 1.06 bits per heavy atom. The molecule has 103 valence electrons. The van der Waals surface area contributed by atoms with E-state index in [1.165, 1.54) is 0 Å². The summed E-state index contributed by atoms with van der Waals surface area (Å²) in [6.07, 6.45) is 0. The molecular formula is C11H32B3O3. The van der Waals surface area contributed by atoms with Gasteiger partial charge in [-0.15, -0.1) is 0 Å². The van der Waals surface area contributed by atoms with Crippen molar-refractivity contribution in [1.82, 2.24) is 0 Å². The Hall–Kier alpha value is 0.0748. The van der Waals surface area contributed by atoms with E-state index in [0.717, 1.165) is 0 Å². The van der Waals surface area contributed by atoms with Crippen molar-refractivity contribution in [3.63, 3.8) is 0 Å². The van der Waals surface area contributed by atoms with E-state index < -0.39 is 0 Å². The summed E-state index contributed by atoms with van der Waals surface area (Å²) in [4.78, 5) is 0. The molecule has 0 unspecified atom stereocenters. The predicted octanol–water partition coefficient (Wildman–Crippen LogP) is 3.20. The maximum atomic E-state index is 5.18. The van der Waals surface area contributed by atoms with Gasteiger partial charge in [-0.3, -0.25) is 0 Å². The van der Waals surface area contributed by atoms with Crippen molar-refractivity contribution in [2.24, 2.45) is 5.92 Å². The lowest BCUT2D eigenvalue weighted by molar-refractivity contribution is 0.134. The van der Waals surface area contributed by atoms with Crippen molar-refractivity contribution in [2.75, 3.05) is 19.8 Å². The fourth-order valence-electron chi connectivity index (χ4n) is 0.841. The highest BCUT2D eigenvalue weighted by Crippen LogP contribution is 1.99. The zero-order valence-electron chi connectivity index (χ0n) is 8.66. The van der Waals surface area contributed by atoms with Gasteiger partial charge in [0.2, 0.25) is 0 Å². The molecule has 0 heterocycles. The van der Waals surface area contributed by atoms with Gasteiger partial charge in [0.15, 0.2) is 0 Å². The van der Waals surface area contributed by atoms with Gasteiger partial charge < -0.3 is 14.0 Å². The van der Waals surface area contributed by atoms with Gasteiger partial charge in [0.05, 0.1) is 0 Å². The monoisotopic (exact) mass is 245 g/mol. The molecule has 0 saturated heterocycles. The van der Waals surface area contributed by atoms with Crippen LogP contribution in [-0.4, -0.2) is 42.3 Å². The summed E-state index contributed by atoms with van der Waals surface area (Å²) in [5.74, 6) is 0.281. The van der Waals surface area contributed by atoms with Crippen LogP contribution in [0.25, 0.3) is 0 Å².